The maximum atomic E-state index is 11.2. The van der Waals surface area contributed by atoms with Crippen molar-refractivity contribution in [2.75, 3.05) is 13.7 Å². The van der Waals surface area contributed by atoms with E-state index in [9.17, 15) is 4.79 Å². The summed E-state index contributed by atoms with van der Waals surface area (Å²) in [7, 11) is 1.43. The van der Waals surface area contributed by atoms with Crippen molar-refractivity contribution in [1.29, 1.82) is 0 Å². The number of methoxy groups -OCH3 is 1. The van der Waals surface area contributed by atoms with Crippen LogP contribution in [0, 0.1) is 0 Å². The lowest BCUT2D eigenvalue weighted by Crippen LogP contribution is -2.40. The Morgan fingerprint density at radius 3 is 2.92 bits per heavy atom. The number of carbonyl (C=O) groups is 1. The van der Waals surface area contributed by atoms with Gasteiger partial charge in [-0.05, 0) is 19.8 Å². The molecule has 0 aliphatic carbocycles. The van der Waals surface area contributed by atoms with Gasteiger partial charge in [-0.2, -0.15) is 12.6 Å². The number of thiol groups is 1. The van der Waals surface area contributed by atoms with Gasteiger partial charge >= 0.3 is 5.97 Å². The van der Waals surface area contributed by atoms with E-state index in [2.05, 4.69) is 17.5 Å². The molecule has 12 heavy (non-hydrogen) atoms. The first kappa shape index (κ1) is 9.86. The quantitative estimate of drug-likeness (QED) is 0.517. The maximum absolute atomic E-state index is 11.2. The van der Waals surface area contributed by atoms with Crippen LogP contribution in [0.15, 0.2) is 0 Å². The molecule has 1 fully saturated rings. The van der Waals surface area contributed by atoms with E-state index in [0.717, 1.165) is 19.4 Å². The van der Waals surface area contributed by atoms with Crippen LogP contribution in [0.25, 0.3) is 0 Å². The van der Waals surface area contributed by atoms with Crippen LogP contribution in [0.5, 0.6) is 0 Å². The number of carbonyl (C=O) groups excluding carboxylic acids is 1. The molecular formula is C8H15NO2S. The Kier molecular flexibility index (Phi) is 3.40. The van der Waals surface area contributed by atoms with Crippen molar-refractivity contribution >= 4 is 18.6 Å². The van der Waals surface area contributed by atoms with Gasteiger partial charge in [-0.3, -0.25) is 9.69 Å². The van der Waals surface area contributed by atoms with Gasteiger partial charge in [0.05, 0.1) is 12.5 Å². The van der Waals surface area contributed by atoms with Gasteiger partial charge in [0.1, 0.15) is 6.04 Å². The smallest absolute Gasteiger partial charge is 0.323 e. The molecule has 0 saturated carbocycles. The number of ether oxygens (including phenoxy) is 1. The lowest BCUT2D eigenvalue weighted by molar-refractivity contribution is -0.145. The zero-order valence-corrected chi connectivity index (χ0v) is 8.38. The normalized spacial score (nSPS) is 27.1. The highest BCUT2D eigenvalue weighted by Crippen LogP contribution is 2.22. The molecule has 0 amide bonds. The van der Waals surface area contributed by atoms with E-state index in [4.69, 9.17) is 4.74 Å². The van der Waals surface area contributed by atoms with Gasteiger partial charge < -0.3 is 4.74 Å². The predicted molar refractivity (Wildman–Crippen MR) is 50.2 cm³/mol. The average molecular weight is 189 g/mol. The van der Waals surface area contributed by atoms with Crippen LogP contribution in [0.2, 0.25) is 0 Å². The highest BCUT2D eigenvalue weighted by atomic mass is 32.1. The topological polar surface area (TPSA) is 29.5 Å². The summed E-state index contributed by atoms with van der Waals surface area (Å²) in [6.07, 6.45) is 1.96. The van der Waals surface area contributed by atoms with E-state index in [1.54, 1.807) is 0 Å². The molecule has 0 unspecified atom stereocenters. The van der Waals surface area contributed by atoms with Crippen molar-refractivity contribution < 1.29 is 9.53 Å². The van der Waals surface area contributed by atoms with Crippen LogP contribution in [0.3, 0.4) is 0 Å². The molecule has 1 aliphatic heterocycles. The standard InChI is InChI=1S/C8H15NO2S/c1-6(12)9-5-3-4-7(9)8(10)11-2/h6-7,12H,3-5H2,1-2H3/t6-,7+/m0/s1. The third-order valence-electron chi connectivity index (χ3n) is 2.25. The molecule has 1 heterocycles. The van der Waals surface area contributed by atoms with Crippen LogP contribution < -0.4 is 0 Å². The average Bonchev–Trinajstić information content (AvgIpc) is 2.50. The molecular weight excluding hydrogens is 174 g/mol. The summed E-state index contributed by atoms with van der Waals surface area (Å²) < 4.78 is 4.70. The van der Waals surface area contributed by atoms with Gasteiger partial charge in [0.15, 0.2) is 0 Å². The number of nitrogens with zero attached hydrogens (tertiary/aromatic N) is 1. The Bertz CT molecular complexity index is 172. The highest BCUT2D eigenvalue weighted by Gasteiger charge is 2.33. The fourth-order valence-electron chi connectivity index (χ4n) is 1.63. The summed E-state index contributed by atoms with van der Waals surface area (Å²) in [6, 6.07) is -0.0671. The Balaban J connectivity index is 2.57. The molecule has 2 atom stereocenters. The number of likely N-dealkylation sites (tertiary alicyclic amines) is 1. The van der Waals surface area contributed by atoms with Crippen LogP contribution in [0.4, 0.5) is 0 Å². The summed E-state index contributed by atoms with van der Waals surface area (Å²) in [4.78, 5) is 13.3. The monoisotopic (exact) mass is 189 g/mol. The summed E-state index contributed by atoms with van der Waals surface area (Å²) >= 11 is 4.30. The van der Waals surface area contributed by atoms with Gasteiger partial charge in [-0.25, -0.2) is 0 Å². The highest BCUT2D eigenvalue weighted by molar-refractivity contribution is 7.80. The van der Waals surface area contributed by atoms with E-state index < -0.39 is 0 Å². The minimum Gasteiger partial charge on any atom is -0.468 e. The van der Waals surface area contributed by atoms with Gasteiger partial charge in [0.25, 0.3) is 0 Å². The molecule has 70 valence electrons. The van der Waals surface area contributed by atoms with Crippen LogP contribution in [0.1, 0.15) is 19.8 Å². The first-order valence-corrected chi connectivity index (χ1v) is 4.70. The first-order chi connectivity index (χ1) is 5.66. The second kappa shape index (κ2) is 4.14. The van der Waals surface area contributed by atoms with E-state index in [-0.39, 0.29) is 17.4 Å². The Morgan fingerprint density at radius 1 is 1.75 bits per heavy atom. The van der Waals surface area contributed by atoms with Crippen molar-refractivity contribution in [3.8, 4) is 0 Å². The second-order valence-corrected chi connectivity index (χ2v) is 3.80. The lowest BCUT2D eigenvalue weighted by Gasteiger charge is -2.25. The maximum Gasteiger partial charge on any atom is 0.323 e. The van der Waals surface area contributed by atoms with Crippen molar-refractivity contribution in [2.24, 2.45) is 0 Å². The summed E-state index contributed by atoms with van der Waals surface area (Å²) in [5.41, 5.74) is 0. The number of rotatable bonds is 2. The summed E-state index contributed by atoms with van der Waals surface area (Å²) in [5, 5.41) is 0.136. The molecule has 0 bridgehead atoms. The van der Waals surface area contributed by atoms with Crippen molar-refractivity contribution in [2.45, 2.75) is 31.2 Å². The molecule has 1 aliphatic rings. The zero-order chi connectivity index (χ0) is 9.14. The summed E-state index contributed by atoms with van der Waals surface area (Å²) in [5.74, 6) is -0.131. The number of esters is 1. The van der Waals surface area contributed by atoms with E-state index >= 15 is 0 Å². The van der Waals surface area contributed by atoms with Crippen molar-refractivity contribution in [1.82, 2.24) is 4.90 Å². The number of hydrogen-bond acceptors (Lipinski definition) is 4. The predicted octanol–water partition coefficient (Wildman–Crippen LogP) is 0.900. The molecule has 0 spiro atoms. The fourth-order valence-corrected chi connectivity index (χ4v) is 1.90. The largest absolute Gasteiger partial charge is 0.468 e. The van der Waals surface area contributed by atoms with Gasteiger partial charge in [-0.15, -0.1) is 0 Å². The van der Waals surface area contributed by atoms with E-state index in [1.807, 2.05) is 6.92 Å². The van der Waals surface area contributed by atoms with Gasteiger partial charge in [0, 0.05) is 6.54 Å². The molecule has 1 rings (SSSR count). The Morgan fingerprint density at radius 2 is 2.42 bits per heavy atom. The van der Waals surface area contributed by atoms with Crippen molar-refractivity contribution in [3.05, 3.63) is 0 Å². The molecule has 3 nitrogen and oxygen atoms in total. The molecule has 0 aromatic heterocycles. The second-order valence-electron chi connectivity index (χ2n) is 3.05. The summed E-state index contributed by atoms with van der Waals surface area (Å²) in [6.45, 7) is 2.93. The van der Waals surface area contributed by atoms with Crippen LogP contribution in [-0.2, 0) is 9.53 Å². The SMILES string of the molecule is COC(=O)[C@H]1CCCN1[C@H](C)S. The zero-order valence-electron chi connectivity index (χ0n) is 7.49. The lowest BCUT2D eigenvalue weighted by atomic mass is 10.2. The minimum atomic E-state index is -0.131. The molecule has 0 aromatic carbocycles. The van der Waals surface area contributed by atoms with E-state index in [1.165, 1.54) is 7.11 Å². The van der Waals surface area contributed by atoms with Gasteiger partial charge in [0.2, 0.25) is 0 Å². The third kappa shape index (κ3) is 1.93. The molecule has 0 radical (unpaired) electrons. The molecule has 0 aromatic rings. The van der Waals surface area contributed by atoms with Crippen molar-refractivity contribution in [3.63, 3.8) is 0 Å². The van der Waals surface area contributed by atoms with Crippen LogP contribution in [-0.4, -0.2) is 35.9 Å². The molecule has 4 heteroatoms. The molecule has 0 N–H and O–H groups in total. The van der Waals surface area contributed by atoms with Crippen LogP contribution >= 0.6 is 12.6 Å². The Labute approximate surface area is 78.5 Å². The van der Waals surface area contributed by atoms with Gasteiger partial charge in [-0.1, -0.05) is 0 Å². The number of hydrogen-bond donors (Lipinski definition) is 1. The fraction of sp³-hybridized carbons (Fsp3) is 0.875. The molecule has 1 saturated heterocycles. The Hall–Kier alpha value is -0.220. The van der Waals surface area contributed by atoms with E-state index in [0.29, 0.717) is 0 Å². The third-order valence-corrected chi connectivity index (χ3v) is 2.54. The minimum absolute atomic E-state index is 0.0671. The first-order valence-electron chi connectivity index (χ1n) is 4.18.